The van der Waals surface area contributed by atoms with Gasteiger partial charge in [-0.3, -0.25) is 0 Å². The molecule has 0 unspecified atom stereocenters. The van der Waals surface area contributed by atoms with E-state index in [2.05, 4.69) is 15.1 Å². The molecule has 0 radical (unpaired) electrons. The van der Waals surface area contributed by atoms with Crippen LogP contribution in [0.5, 0.6) is 11.8 Å². The van der Waals surface area contributed by atoms with Crippen LogP contribution in [0.4, 0.5) is 5.69 Å². The molecule has 0 amide bonds. The van der Waals surface area contributed by atoms with E-state index < -0.39 is 0 Å². The molecular formula is C15H12Cl3N5O. The number of nitrogens with two attached hydrogens (primary N) is 1. The highest BCUT2D eigenvalue weighted by Gasteiger charge is 2.19. The summed E-state index contributed by atoms with van der Waals surface area (Å²) in [7, 11) is 0. The van der Waals surface area contributed by atoms with E-state index in [1.807, 2.05) is 13.8 Å². The molecule has 3 rings (SSSR count). The van der Waals surface area contributed by atoms with Gasteiger partial charge in [0.05, 0.1) is 16.4 Å². The molecule has 0 bridgehead atoms. The van der Waals surface area contributed by atoms with Crippen LogP contribution < -0.4 is 10.5 Å². The van der Waals surface area contributed by atoms with E-state index in [0.717, 1.165) is 11.3 Å². The average molecular weight is 385 g/mol. The number of anilines is 1. The van der Waals surface area contributed by atoms with Crippen molar-refractivity contribution in [2.75, 3.05) is 5.73 Å². The Morgan fingerprint density at radius 1 is 1.12 bits per heavy atom. The highest BCUT2D eigenvalue weighted by molar-refractivity contribution is 6.35. The van der Waals surface area contributed by atoms with Crippen LogP contribution in [-0.2, 0) is 0 Å². The number of hydrogen-bond donors (Lipinski definition) is 1. The zero-order valence-corrected chi connectivity index (χ0v) is 15.0. The van der Waals surface area contributed by atoms with Gasteiger partial charge in [0.2, 0.25) is 11.8 Å². The van der Waals surface area contributed by atoms with Crippen LogP contribution in [0.25, 0.3) is 5.69 Å². The minimum Gasteiger partial charge on any atom is -0.418 e. The number of halogens is 3. The predicted octanol–water partition coefficient (Wildman–Crippen LogP) is 4.61. The van der Waals surface area contributed by atoms with Crippen molar-refractivity contribution >= 4 is 40.5 Å². The summed E-state index contributed by atoms with van der Waals surface area (Å²) in [5.74, 6) is 0.572. The lowest BCUT2D eigenvalue weighted by Gasteiger charge is -2.12. The molecule has 6 nitrogen and oxygen atoms in total. The number of rotatable bonds is 3. The molecule has 2 N–H and O–H groups in total. The number of hydrogen-bond acceptors (Lipinski definition) is 5. The van der Waals surface area contributed by atoms with Crippen LogP contribution in [0, 0.1) is 13.8 Å². The van der Waals surface area contributed by atoms with Crippen molar-refractivity contribution in [2.24, 2.45) is 0 Å². The first kappa shape index (κ1) is 16.8. The average Bonchev–Trinajstić information content (AvgIpc) is 2.80. The van der Waals surface area contributed by atoms with Gasteiger partial charge >= 0.3 is 0 Å². The van der Waals surface area contributed by atoms with E-state index in [1.165, 1.54) is 6.33 Å². The second-order valence-electron chi connectivity index (χ2n) is 5.01. The number of aromatic nitrogens is 4. The molecule has 1 aromatic carbocycles. The number of nitrogen functional groups attached to an aromatic ring is 1. The summed E-state index contributed by atoms with van der Waals surface area (Å²) >= 11 is 18.2. The molecule has 0 aliphatic heterocycles. The van der Waals surface area contributed by atoms with E-state index in [0.29, 0.717) is 21.6 Å². The summed E-state index contributed by atoms with van der Waals surface area (Å²) in [6, 6.07) is 5.10. The SMILES string of the molecule is Cc1nn(-c2ccc(Cl)cc2Cl)c(Oc2ncnc(Cl)c2N)c1C. The van der Waals surface area contributed by atoms with E-state index >= 15 is 0 Å². The summed E-state index contributed by atoms with van der Waals surface area (Å²) < 4.78 is 7.43. The van der Waals surface area contributed by atoms with Crippen molar-refractivity contribution < 1.29 is 4.74 Å². The standard InChI is InChI=1S/C15H12Cl3N5O/c1-7-8(2)22-23(11-4-3-9(16)5-10(11)17)15(7)24-14-12(19)13(18)20-6-21-14/h3-6H,19H2,1-2H3. The van der Waals surface area contributed by atoms with E-state index in [4.69, 9.17) is 45.3 Å². The van der Waals surface area contributed by atoms with Gasteiger partial charge in [0, 0.05) is 10.6 Å². The third-order valence-corrected chi connectivity index (χ3v) is 4.27. The Labute approximate surface area is 153 Å². The highest BCUT2D eigenvalue weighted by atomic mass is 35.5. The molecule has 0 saturated heterocycles. The molecule has 0 atom stereocenters. The third kappa shape index (κ3) is 3.00. The third-order valence-electron chi connectivity index (χ3n) is 3.44. The van der Waals surface area contributed by atoms with Crippen molar-refractivity contribution in [1.29, 1.82) is 0 Å². The van der Waals surface area contributed by atoms with Crippen molar-refractivity contribution in [2.45, 2.75) is 13.8 Å². The van der Waals surface area contributed by atoms with Gasteiger partial charge < -0.3 is 10.5 Å². The lowest BCUT2D eigenvalue weighted by molar-refractivity contribution is 0.426. The van der Waals surface area contributed by atoms with Gasteiger partial charge in [-0.05, 0) is 32.0 Å². The fraction of sp³-hybridized carbons (Fsp3) is 0.133. The maximum Gasteiger partial charge on any atom is 0.249 e. The number of nitrogens with zero attached hydrogens (tertiary/aromatic N) is 4. The molecule has 2 aromatic heterocycles. The van der Waals surface area contributed by atoms with Gasteiger partial charge in [0.25, 0.3) is 0 Å². The number of aryl methyl sites for hydroxylation is 1. The summed E-state index contributed by atoms with van der Waals surface area (Å²) in [5, 5.41) is 5.54. The van der Waals surface area contributed by atoms with E-state index in [-0.39, 0.29) is 16.7 Å². The second-order valence-corrected chi connectivity index (χ2v) is 6.21. The van der Waals surface area contributed by atoms with Gasteiger partial charge in [-0.25, -0.2) is 4.98 Å². The van der Waals surface area contributed by atoms with Gasteiger partial charge in [-0.2, -0.15) is 14.8 Å². The Morgan fingerprint density at radius 3 is 2.58 bits per heavy atom. The van der Waals surface area contributed by atoms with Crippen LogP contribution in [0.2, 0.25) is 15.2 Å². The van der Waals surface area contributed by atoms with Gasteiger partial charge in [-0.15, -0.1) is 0 Å². The molecule has 0 saturated carbocycles. The lowest BCUT2D eigenvalue weighted by atomic mass is 10.3. The molecular weight excluding hydrogens is 373 g/mol. The topological polar surface area (TPSA) is 78.8 Å². The number of ether oxygens (including phenoxy) is 1. The zero-order valence-electron chi connectivity index (χ0n) is 12.7. The van der Waals surface area contributed by atoms with Crippen molar-refractivity contribution in [1.82, 2.24) is 19.7 Å². The summed E-state index contributed by atoms with van der Waals surface area (Å²) in [4.78, 5) is 7.82. The molecule has 124 valence electrons. The van der Waals surface area contributed by atoms with E-state index in [1.54, 1.807) is 22.9 Å². The summed E-state index contributed by atoms with van der Waals surface area (Å²) in [5.41, 5.74) is 8.22. The maximum atomic E-state index is 6.28. The van der Waals surface area contributed by atoms with Gasteiger partial charge in [0.15, 0.2) is 5.15 Å². The maximum absolute atomic E-state index is 6.28. The molecule has 0 fully saturated rings. The molecule has 9 heteroatoms. The molecule has 0 aliphatic rings. The minimum atomic E-state index is 0.116. The van der Waals surface area contributed by atoms with Crippen molar-refractivity contribution in [3.63, 3.8) is 0 Å². The molecule has 24 heavy (non-hydrogen) atoms. The first-order valence-electron chi connectivity index (χ1n) is 6.84. The van der Waals surface area contributed by atoms with Crippen LogP contribution >= 0.6 is 34.8 Å². The van der Waals surface area contributed by atoms with Crippen LogP contribution in [0.3, 0.4) is 0 Å². The summed E-state index contributed by atoms with van der Waals surface area (Å²) in [6.07, 6.45) is 1.27. The predicted molar refractivity (Wildman–Crippen MR) is 94.6 cm³/mol. The van der Waals surface area contributed by atoms with Gasteiger partial charge in [-0.1, -0.05) is 34.8 Å². The molecule has 2 heterocycles. The Hall–Kier alpha value is -2.02. The Bertz CT molecular complexity index is 926. The van der Waals surface area contributed by atoms with Crippen LogP contribution in [0.15, 0.2) is 24.5 Å². The minimum absolute atomic E-state index is 0.116. The van der Waals surface area contributed by atoms with Crippen molar-refractivity contribution in [3.05, 3.63) is 51.0 Å². The molecule has 3 aromatic rings. The largest absolute Gasteiger partial charge is 0.418 e. The zero-order chi connectivity index (χ0) is 17.4. The molecule has 0 aliphatic carbocycles. The lowest BCUT2D eigenvalue weighted by Crippen LogP contribution is -2.04. The second kappa shape index (κ2) is 6.47. The normalized spacial score (nSPS) is 10.9. The Morgan fingerprint density at radius 2 is 1.88 bits per heavy atom. The quantitative estimate of drug-likeness (QED) is 0.667. The Kier molecular flexibility index (Phi) is 4.54. The fourth-order valence-electron chi connectivity index (χ4n) is 2.05. The Balaban J connectivity index is 2.13. The van der Waals surface area contributed by atoms with Crippen molar-refractivity contribution in [3.8, 4) is 17.4 Å². The highest BCUT2D eigenvalue weighted by Crippen LogP contribution is 2.35. The smallest absolute Gasteiger partial charge is 0.249 e. The van der Waals surface area contributed by atoms with Gasteiger partial charge in [0.1, 0.15) is 12.0 Å². The summed E-state index contributed by atoms with van der Waals surface area (Å²) in [6.45, 7) is 3.73. The number of benzene rings is 1. The monoisotopic (exact) mass is 383 g/mol. The van der Waals surface area contributed by atoms with Crippen LogP contribution in [-0.4, -0.2) is 19.7 Å². The fourth-order valence-corrected chi connectivity index (χ4v) is 2.67. The van der Waals surface area contributed by atoms with E-state index in [9.17, 15) is 0 Å². The first-order valence-corrected chi connectivity index (χ1v) is 7.97. The van der Waals surface area contributed by atoms with Crippen LogP contribution in [0.1, 0.15) is 11.3 Å². The molecule has 0 spiro atoms. The first-order chi connectivity index (χ1) is 11.4.